The molecule has 7 heteroatoms. The third kappa shape index (κ3) is 3.52. The van der Waals surface area contributed by atoms with Crippen molar-refractivity contribution >= 4 is 17.2 Å². The number of carbonyl (C=O) groups is 1. The molecule has 0 aliphatic heterocycles. The average molecular weight is 342 g/mol. The molecule has 1 aromatic carbocycles. The molecule has 0 aliphatic carbocycles. The summed E-state index contributed by atoms with van der Waals surface area (Å²) < 4.78 is 1.77. The second-order valence-corrected chi connectivity index (χ2v) is 6.17. The van der Waals surface area contributed by atoms with Crippen LogP contribution in [0.5, 0.6) is 0 Å². The minimum Gasteiger partial charge on any atom is -0.394 e. The molecule has 0 aliphatic rings. The third-order valence-electron chi connectivity index (χ3n) is 3.64. The van der Waals surface area contributed by atoms with Gasteiger partial charge in [0.2, 0.25) is 0 Å². The Hall–Kier alpha value is -2.51. The van der Waals surface area contributed by atoms with Gasteiger partial charge >= 0.3 is 0 Å². The van der Waals surface area contributed by atoms with Crippen LogP contribution in [0.1, 0.15) is 23.8 Å². The van der Waals surface area contributed by atoms with Crippen LogP contribution in [0.15, 0.2) is 48.1 Å². The Morgan fingerprint density at radius 3 is 2.88 bits per heavy atom. The number of amides is 1. The van der Waals surface area contributed by atoms with E-state index in [1.807, 2.05) is 43.5 Å². The normalized spacial score (nSPS) is 12.1. The van der Waals surface area contributed by atoms with Gasteiger partial charge in [-0.05, 0) is 18.6 Å². The summed E-state index contributed by atoms with van der Waals surface area (Å²) in [7, 11) is 0. The highest BCUT2D eigenvalue weighted by atomic mass is 32.1. The minimum atomic E-state index is -0.270. The maximum atomic E-state index is 12.1. The van der Waals surface area contributed by atoms with Gasteiger partial charge in [-0.1, -0.05) is 25.1 Å². The van der Waals surface area contributed by atoms with Gasteiger partial charge in [0.1, 0.15) is 10.7 Å². The Balaban J connectivity index is 1.76. The molecule has 0 fully saturated rings. The van der Waals surface area contributed by atoms with Gasteiger partial charge in [0.05, 0.1) is 24.5 Å². The molecule has 0 bridgehead atoms. The maximum absolute atomic E-state index is 12.1. The summed E-state index contributed by atoms with van der Waals surface area (Å²) in [6, 6.07) is 9.55. The topological polar surface area (TPSA) is 80.0 Å². The fourth-order valence-corrected chi connectivity index (χ4v) is 2.98. The molecule has 2 N–H and O–H groups in total. The Bertz CT molecular complexity index is 809. The number of aromatic nitrogens is 3. The summed E-state index contributed by atoms with van der Waals surface area (Å²) in [6.45, 7) is 1.83. The van der Waals surface area contributed by atoms with Crippen molar-refractivity contribution < 1.29 is 9.90 Å². The summed E-state index contributed by atoms with van der Waals surface area (Å²) in [5.41, 5.74) is 2.18. The quantitative estimate of drug-likeness (QED) is 0.721. The van der Waals surface area contributed by atoms with E-state index in [1.165, 1.54) is 11.3 Å². The van der Waals surface area contributed by atoms with Crippen molar-refractivity contribution in [3.63, 3.8) is 0 Å². The number of hydrogen-bond acceptors (Lipinski definition) is 5. The fourth-order valence-electron chi connectivity index (χ4n) is 2.20. The number of nitrogens with one attached hydrogen (secondary N) is 1. The first kappa shape index (κ1) is 16.4. The van der Waals surface area contributed by atoms with E-state index in [2.05, 4.69) is 15.4 Å². The monoisotopic (exact) mass is 342 g/mol. The molecule has 0 radical (unpaired) electrons. The van der Waals surface area contributed by atoms with Crippen molar-refractivity contribution in [3.8, 4) is 16.3 Å². The maximum Gasteiger partial charge on any atom is 0.271 e. The number of para-hydroxylation sites is 1. The molecule has 0 spiro atoms. The van der Waals surface area contributed by atoms with Crippen LogP contribution in [-0.2, 0) is 0 Å². The van der Waals surface area contributed by atoms with E-state index in [0.29, 0.717) is 12.1 Å². The number of aliphatic hydroxyl groups is 1. The molecule has 1 unspecified atom stereocenters. The second kappa shape index (κ2) is 7.37. The van der Waals surface area contributed by atoms with Crippen molar-refractivity contribution in [2.75, 3.05) is 6.61 Å². The Morgan fingerprint density at radius 2 is 2.17 bits per heavy atom. The van der Waals surface area contributed by atoms with Crippen molar-refractivity contribution in [3.05, 3.63) is 53.8 Å². The lowest BCUT2D eigenvalue weighted by atomic mass is 10.2. The van der Waals surface area contributed by atoms with Crippen LogP contribution in [0.2, 0.25) is 0 Å². The Labute approximate surface area is 143 Å². The van der Waals surface area contributed by atoms with Gasteiger partial charge in [0, 0.05) is 17.1 Å². The number of aliphatic hydroxyl groups excluding tert-OH is 1. The van der Waals surface area contributed by atoms with E-state index in [1.54, 1.807) is 16.3 Å². The predicted molar refractivity (Wildman–Crippen MR) is 93.3 cm³/mol. The number of thiazole rings is 1. The van der Waals surface area contributed by atoms with Crippen LogP contribution in [0.4, 0.5) is 0 Å². The lowest BCUT2D eigenvalue weighted by Crippen LogP contribution is -2.37. The summed E-state index contributed by atoms with van der Waals surface area (Å²) >= 11 is 1.39. The standard InChI is InChI=1S/C17H18N4O2S/c1-2-13(10-22)19-16(23)15-11-24-17(20-15)12-8-18-21(9-12)14-6-4-3-5-7-14/h3-9,11,13,22H,2,10H2,1H3,(H,19,23). The highest BCUT2D eigenvalue weighted by molar-refractivity contribution is 7.13. The first-order chi connectivity index (χ1) is 11.7. The fraction of sp³-hybridized carbons (Fsp3) is 0.235. The number of carbonyl (C=O) groups excluding carboxylic acids is 1. The van der Waals surface area contributed by atoms with Crippen LogP contribution in [0.25, 0.3) is 16.3 Å². The predicted octanol–water partition coefficient (Wildman–Crippen LogP) is 2.50. The molecule has 124 valence electrons. The lowest BCUT2D eigenvalue weighted by molar-refractivity contribution is 0.0910. The lowest BCUT2D eigenvalue weighted by Gasteiger charge is -2.12. The first-order valence-electron chi connectivity index (χ1n) is 7.69. The first-order valence-corrected chi connectivity index (χ1v) is 8.57. The number of hydrogen-bond donors (Lipinski definition) is 2. The van der Waals surface area contributed by atoms with E-state index < -0.39 is 0 Å². The van der Waals surface area contributed by atoms with Crippen LogP contribution in [0.3, 0.4) is 0 Å². The molecule has 1 amide bonds. The third-order valence-corrected chi connectivity index (χ3v) is 4.53. The van der Waals surface area contributed by atoms with Crippen molar-refractivity contribution in [2.24, 2.45) is 0 Å². The summed E-state index contributed by atoms with van der Waals surface area (Å²) in [6.07, 6.45) is 4.29. The molecule has 1 atom stereocenters. The highest BCUT2D eigenvalue weighted by Gasteiger charge is 2.16. The van der Waals surface area contributed by atoms with E-state index >= 15 is 0 Å². The van der Waals surface area contributed by atoms with Gasteiger partial charge in [0.15, 0.2) is 0 Å². The van der Waals surface area contributed by atoms with Crippen molar-refractivity contribution in [1.82, 2.24) is 20.1 Å². The zero-order valence-corrected chi connectivity index (χ0v) is 14.0. The van der Waals surface area contributed by atoms with Crippen LogP contribution >= 0.6 is 11.3 Å². The second-order valence-electron chi connectivity index (χ2n) is 5.31. The van der Waals surface area contributed by atoms with Crippen molar-refractivity contribution in [2.45, 2.75) is 19.4 Å². The molecule has 2 heterocycles. The molecule has 2 aromatic heterocycles. The Kier molecular flexibility index (Phi) is 5.02. The largest absolute Gasteiger partial charge is 0.394 e. The van der Waals surface area contributed by atoms with Gasteiger partial charge in [-0.25, -0.2) is 9.67 Å². The van der Waals surface area contributed by atoms with Gasteiger partial charge in [-0.2, -0.15) is 5.10 Å². The molecule has 3 aromatic rings. The molecule has 6 nitrogen and oxygen atoms in total. The average Bonchev–Trinajstić information content (AvgIpc) is 3.29. The summed E-state index contributed by atoms with van der Waals surface area (Å²) in [5.74, 6) is -0.270. The zero-order valence-electron chi connectivity index (χ0n) is 13.2. The van der Waals surface area contributed by atoms with Crippen LogP contribution in [0, 0.1) is 0 Å². The molecule has 0 saturated heterocycles. The highest BCUT2D eigenvalue weighted by Crippen LogP contribution is 2.24. The van der Waals surface area contributed by atoms with E-state index in [4.69, 9.17) is 0 Å². The van der Waals surface area contributed by atoms with E-state index in [0.717, 1.165) is 16.3 Å². The molecular weight excluding hydrogens is 324 g/mol. The molecule has 0 saturated carbocycles. The molecular formula is C17H18N4O2S. The number of benzene rings is 1. The smallest absolute Gasteiger partial charge is 0.271 e. The van der Waals surface area contributed by atoms with Gasteiger partial charge in [0.25, 0.3) is 5.91 Å². The van der Waals surface area contributed by atoms with Gasteiger partial charge in [-0.15, -0.1) is 11.3 Å². The SMILES string of the molecule is CCC(CO)NC(=O)c1csc(-c2cnn(-c3ccccc3)c2)n1. The summed E-state index contributed by atoms with van der Waals surface area (Å²) in [4.78, 5) is 16.5. The molecule has 3 rings (SSSR count). The van der Waals surface area contributed by atoms with Gasteiger partial charge < -0.3 is 10.4 Å². The van der Waals surface area contributed by atoms with Crippen molar-refractivity contribution in [1.29, 1.82) is 0 Å². The summed E-state index contributed by atoms with van der Waals surface area (Å²) in [5, 5.41) is 18.7. The number of rotatable bonds is 6. The van der Waals surface area contributed by atoms with E-state index in [9.17, 15) is 9.90 Å². The molecule has 24 heavy (non-hydrogen) atoms. The van der Waals surface area contributed by atoms with Crippen LogP contribution < -0.4 is 5.32 Å². The van der Waals surface area contributed by atoms with Gasteiger partial charge in [-0.3, -0.25) is 4.79 Å². The zero-order chi connectivity index (χ0) is 16.9. The Morgan fingerprint density at radius 1 is 1.38 bits per heavy atom. The number of nitrogens with zero attached hydrogens (tertiary/aromatic N) is 3. The van der Waals surface area contributed by atoms with E-state index in [-0.39, 0.29) is 18.6 Å². The minimum absolute atomic E-state index is 0.0803. The van der Waals surface area contributed by atoms with Crippen LogP contribution in [-0.4, -0.2) is 38.4 Å².